The second-order valence-corrected chi connectivity index (χ2v) is 15.4. The standard InChI is InChI=1S/C42H81NOS/c1-5-7-9-11-13-15-17-19-21-23-25-27-29-31-33-35-37-41(45-40-39-42(44)43(3)4)38-36-34-32-30-28-26-24-22-20-18-16-14-12-10-8-6-2/h13,15,19,21,41H,5-12,14,16-18,20,22-40H2,1-4H3/b15-13-,21-19-. The second kappa shape index (κ2) is 37.8. The van der Waals surface area contributed by atoms with Crippen LogP contribution in [0.15, 0.2) is 24.3 Å². The number of hydrogen-bond acceptors (Lipinski definition) is 2. The summed E-state index contributed by atoms with van der Waals surface area (Å²) in [5.74, 6) is 1.26. The van der Waals surface area contributed by atoms with Gasteiger partial charge in [0.15, 0.2) is 0 Å². The molecule has 0 heterocycles. The third-order valence-electron chi connectivity index (χ3n) is 9.27. The summed E-state index contributed by atoms with van der Waals surface area (Å²) in [6.07, 6.45) is 51.6. The smallest absolute Gasteiger partial charge is 0.222 e. The Balaban J connectivity index is 3.85. The Bertz CT molecular complexity index is 643. The fraction of sp³-hybridized carbons (Fsp3) is 0.881. The molecule has 0 spiro atoms. The quantitative estimate of drug-likeness (QED) is 0.0498. The monoisotopic (exact) mass is 648 g/mol. The molecule has 0 aliphatic rings. The number of unbranched alkanes of at least 4 members (excludes halogenated alkanes) is 24. The molecule has 0 N–H and O–H groups in total. The summed E-state index contributed by atoms with van der Waals surface area (Å²) >= 11 is 2.08. The first kappa shape index (κ1) is 44.3. The number of amides is 1. The van der Waals surface area contributed by atoms with Gasteiger partial charge < -0.3 is 4.90 Å². The van der Waals surface area contributed by atoms with E-state index in [1.165, 1.54) is 186 Å². The highest BCUT2D eigenvalue weighted by molar-refractivity contribution is 7.99. The van der Waals surface area contributed by atoms with Crippen molar-refractivity contribution in [2.75, 3.05) is 19.8 Å². The van der Waals surface area contributed by atoms with Gasteiger partial charge in [-0.3, -0.25) is 4.79 Å². The predicted molar refractivity (Wildman–Crippen MR) is 208 cm³/mol. The van der Waals surface area contributed by atoms with Crippen LogP contribution in [-0.4, -0.2) is 35.9 Å². The van der Waals surface area contributed by atoms with Gasteiger partial charge in [-0.25, -0.2) is 0 Å². The van der Waals surface area contributed by atoms with Crippen molar-refractivity contribution in [1.82, 2.24) is 4.90 Å². The lowest BCUT2D eigenvalue weighted by atomic mass is 10.0. The SMILES string of the molecule is CCCCC/C=C\C/C=C\CCCCCCCCC(CCCCCCCCCCCCCCCCCC)SCCC(=O)N(C)C. The normalized spacial score (nSPS) is 12.5. The van der Waals surface area contributed by atoms with Crippen molar-refractivity contribution in [1.29, 1.82) is 0 Å². The number of carbonyl (C=O) groups is 1. The van der Waals surface area contributed by atoms with Crippen molar-refractivity contribution in [2.24, 2.45) is 0 Å². The van der Waals surface area contributed by atoms with Gasteiger partial charge in [0.25, 0.3) is 0 Å². The maximum absolute atomic E-state index is 12.1. The first-order chi connectivity index (χ1) is 22.1. The van der Waals surface area contributed by atoms with Crippen molar-refractivity contribution in [3.63, 3.8) is 0 Å². The van der Waals surface area contributed by atoms with E-state index in [4.69, 9.17) is 0 Å². The van der Waals surface area contributed by atoms with E-state index < -0.39 is 0 Å². The molecule has 0 rings (SSSR count). The zero-order chi connectivity index (χ0) is 32.9. The molecule has 2 nitrogen and oxygen atoms in total. The average Bonchev–Trinajstić information content (AvgIpc) is 3.03. The van der Waals surface area contributed by atoms with Gasteiger partial charge in [0.05, 0.1) is 0 Å². The molecule has 0 bridgehead atoms. The number of rotatable bonds is 36. The van der Waals surface area contributed by atoms with E-state index in [1.54, 1.807) is 4.90 Å². The van der Waals surface area contributed by atoms with Crippen LogP contribution in [0, 0.1) is 0 Å². The number of allylic oxidation sites excluding steroid dienone is 4. The molecule has 3 heteroatoms. The lowest BCUT2D eigenvalue weighted by molar-refractivity contribution is -0.128. The van der Waals surface area contributed by atoms with Crippen molar-refractivity contribution >= 4 is 17.7 Å². The van der Waals surface area contributed by atoms with E-state index in [2.05, 4.69) is 49.9 Å². The number of hydrogen-bond donors (Lipinski definition) is 0. The summed E-state index contributed by atoms with van der Waals surface area (Å²) in [6.45, 7) is 4.57. The Morgan fingerprint density at radius 3 is 1.29 bits per heavy atom. The van der Waals surface area contributed by atoms with Crippen LogP contribution in [0.4, 0.5) is 0 Å². The highest BCUT2D eigenvalue weighted by atomic mass is 32.2. The maximum atomic E-state index is 12.1. The highest BCUT2D eigenvalue weighted by Gasteiger charge is 2.11. The van der Waals surface area contributed by atoms with Gasteiger partial charge >= 0.3 is 0 Å². The molecule has 0 aromatic rings. The second-order valence-electron chi connectivity index (χ2n) is 14.0. The molecule has 45 heavy (non-hydrogen) atoms. The van der Waals surface area contributed by atoms with Gasteiger partial charge in [0.1, 0.15) is 0 Å². The fourth-order valence-electron chi connectivity index (χ4n) is 6.13. The Morgan fingerprint density at radius 1 is 0.511 bits per heavy atom. The Kier molecular flexibility index (Phi) is 37.2. The topological polar surface area (TPSA) is 20.3 Å². The number of nitrogens with zero attached hydrogens (tertiary/aromatic N) is 1. The molecule has 0 aliphatic heterocycles. The van der Waals surface area contributed by atoms with E-state index in [-0.39, 0.29) is 5.91 Å². The number of thioether (sulfide) groups is 1. The minimum Gasteiger partial charge on any atom is -0.349 e. The molecular weight excluding hydrogens is 567 g/mol. The molecule has 0 aliphatic carbocycles. The lowest BCUT2D eigenvalue weighted by Crippen LogP contribution is -2.22. The maximum Gasteiger partial charge on any atom is 0.222 e. The van der Waals surface area contributed by atoms with E-state index in [0.29, 0.717) is 6.42 Å². The van der Waals surface area contributed by atoms with Crippen molar-refractivity contribution < 1.29 is 4.79 Å². The van der Waals surface area contributed by atoms with Crippen LogP contribution in [-0.2, 0) is 4.79 Å². The summed E-state index contributed by atoms with van der Waals surface area (Å²) in [7, 11) is 3.76. The van der Waals surface area contributed by atoms with E-state index in [9.17, 15) is 4.79 Å². The molecular formula is C42H81NOS. The van der Waals surface area contributed by atoms with E-state index in [1.807, 2.05) is 14.1 Å². The van der Waals surface area contributed by atoms with Gasteiger partial charge in [-0.15, -0.1) is 0 Å². The van der Waals surface area contributed by atoms with Gasteiger partial charge in [-0.05, 0) is 44.9 Å². The summed E-state index contributed by atoms with van der Waals surface area (Å²) in [5.41, 5.74) is 0. The van der Waals surface area contributed by atoms with Crippen molar-refractivity contribution in [3.05, 3.63) is 24.3 Å². The summed E-state index contributed by atoms with van der Waals surface area (Å²) in [5, 5.41) is 0.748. The Labute approximate surface area is 288 Å². The molecule has 1 atom stereocenters. The number of carbonyl (C=O) groups excluding carboxylic acids is 1. The third-order valence-corrected chi connectivity index (χ3v) is 10.7. The van der Waals surface area contributed by atoms with Gasteiger partial charge in [0.2, 0.25) is 5.91 Å². The third kappa shape index (κ3) is 36.0. The molecule has 0 fully saturated rings. The minimum absolute atomic E-state index is 0.275. The van der Waals surface area contributed by atoms with Crippen molar-refractivity contribution in [3.8, 4) is 0 Å². The minimum atomic E-state index is 0.275. The predicted octanol–water partition coefficient (Wildman–Crippen LogP) is 14.4. The highest BCUT2D eigenvalue weighted by Crippen LogP contribution is 2.25. The van der Waals surface area contributed by atoms with Gasteiger partial charge in [-0.1, -0.05) is 186 Å². The zero-order valence-electron chi connectivity index (χ0n) is 31.3. The molecule has 0 saturated heterocycles. The largest absolute Gasteiger partial charge is 0.349 e. The van der Waals surface area contributed by atoms with Crippen LogP contribution in [0.1, 0.15) is 213 Å². The van der Waals surface area contributed by atoms with Crippen molar-refractivity contribution in [2.45, 2.75) is 218 Å². The molecule has 0 aromatic carbocycles. The summed E-state index contributed by atoms with van der Waals surface area (Å²) < 4.78 is 0. The van der Waals surface area contributed by atoms with Crippen LogP contribution in [0.5, 0.6) is 0 Å². The fourth-order valence-corrected chi connectivity index (χ4v) is 7.42. The Morgan fingerprint density at radius 2 is 0.867 bits per heavy atom. The van der Waals surface area contributed by atoms with Crippen LogP contribution in [0.25, 0.3) is 0 Å². The van der Waals surface area contributed by atoms with Crippen LogP contribution in [0.3, 0.4) is 0 Å². The van der Waals surface area contributed by atoms with Crippen LogP contribution >= 0.6 is 11.8 Å². The van der Waals surface area contributed by atoms with Gasteiger partial charge in [-0.2, -0.15) is 11.8 Å². The molecule has 1 unspecified atom stereocenters. The van der Waals surface area contributed by atoms with Crippen LogP contribution in [0.2, 0.25) is 0 Å². The summed E-state index contributed by atoms with van der Waals surface area (Å²) in [4.78, 5) is 13.8. The summed E-state index contributed by atoms with van der Waals surface area (Å²) in [6, 6.07) is 0. The van der Waals surface area contributed by atoms with E-state index >= 15 is 0 Å². The first-order valence-corrected chi connectivity index (χ1v) is 21.3. The van der Waals surface area contributed by atoms with Gasteiger partial charge in [0, 0.05) is 31.5 Å². The molecule has 1 amide bonds. The molecule has 0 aromatic heterocycles. The molecule has 0 radical (unpaired) electrons. The molecule has 0 saturated carbocycles. The average molecular weight is 648 g/mol. The zero-order valence-corrected chi connectivity index (χ0v) is 32.1. The first-order valence-electron chi connectivity index (χ1n) is 20.2. The Hall–Kier alpha value is -0.700. The van der Waals surface area contributed by atoms with E-state index in [0.717, 1.165) is 17.4 Å². The van der Waals surface area contributed by atoms with Crippen LogP contribution < -0.4 is 0 Å². The molecule has 266 valence electrons. The lowest BCUT2D eigenvalue weighted by Gasteiger charge is -2.17.